The molecule has 0 bridgehead atoms. The van der Waals surface area contributed by atoms with E-state index >= 15 is 0 Å². The van der Waals surface area contributed by atoms with Gasteiger partial charge in [0, 0.05) is 39.3 Å². The number of hydrogen-bond donors (Lipinski definition) is 1. The Labute approximate surface area is 209 Å². The maximum Gasteiger partial charge on any atom is 0.325 e. The molecule has 3 aliphatic heterocycles. The van der Waals surface area contributed by atoms with E-state index in [0.717, 1.165) is 18.5 Å². The number of rotatable bonds is 11. The Morgan fingerprint density at radius 1 is 1.11 bits per heavy atom. The summed E-state index contributed by atoms with van der Waals surface area (Å²) in [5.41, 5.74) is 0.904. The number of carbonyl (C=O) groups excluding carboxylic acids is 3. The summed E-state index contributed by atoms with van der Waals surface area (Å²) in [6, 6.07) is 9.04. The van der Waals surface area contributed by atoms with Crippen molar-refractivity contribution in [3.05, 3.63) is 35.9 Å². The summed E-state index contributed by atoms with van der Waals surface area (Å²) in [6.07, 6.45) is 7.53. The van der Waals surface area contributed by atoms with Crippen molar-refractivity contribution in [2.24, 2.45) is 5.92 Å². The van der Waals surface area contributed by atoms with Crippen molar-refractivity contribution < 1.29 is 19.1 Å². The molecule has 0 spiro atoms. The summed E-state index contributed by atoms with van der Waals surface area (Å²) < 4.78 is 5.23. The highest BCUT2D eigenvalue weighted by molar-refractivity contribution is 6.04. The Balaban J connectivity index is 1.33. The fourth-order valence-corrected chi connectivity index (χ4v) is 5.90. The number of methoxy groups -OCH3 is 1. The highest BCUT2D eigenvalue weighted by Gasteiger charge is 2.39. The molecular weight excluding hydrogens is 444 g/mol. The van der Waals surface area contributed by atoms with E-state index < -0.39 is 6.04 Å². The normalized spacial score (nSPS) is 24.8. The molecule has 0 radical (unpaired) electrons. The molecule has 35 heavy (non-hydrogen) atoms. The van der Waals surface area contributed by atoms with Crippen molar-refractivity contribution >= 4 is 17.8 Å². The minimum atomic E-state index is -0.639. The first-order chi connectivity index (χ1) is 17.1. The zero-order valence-electron chi connectivity index (χ0n) is 21.0. The maximum absolute atomic E-state index is 13.3. The molecule has 1 aromatic rings. The molecule has 0 aliphatic carbocycles. The van der Waals surface area contributed by atoms with Crippen LogP contribution in [-0.2, 0) is 20.9 Å². The van der Waals surface area contributed by atoms with Crippen LogP contribution >= 0.6 is 0 Å². The van der Waals surface area contributed by atoms with Crippen LogP contribution in [0, 0.1) is 5.92 Å². The van der Waals surface area contributed by atoms with Crippen LogP contribution in [0.25, 0.3) is 0 Å². The number of benzene rings is 1. The Bertz CT molecular complexity index is 862. The van der Waals surface area contributed by atoms with Crippen LogP contribution in [0.2, 0.25) is 0 Å². The van der Waals surface area contributed by atoms with Gasteiger partial charge < -0.3 is 19.9 Å². The van der Waals surface area contributed by atoms with Crippen LogP contribution in [0.1, 0.15) is 56.9 Å². The van der Waals surface area contributed by atoms with Crippen molar-refractivity contribution in [1.29, 1.82) is 0 Å². The third-order valence-electron chi connectivity index (χ3n) is 7.75. The number of fused-ring (bicyclic) bond motifs is 1. The monoisotopic (exact) mass is 484 g/mol. The molecule has 0 unspecified atom stereocenters. The summed E-state index contributed by atoms with van der Waals surface area (Å²) in [4.78, 5) is 44.5. The van der Waals surface area contributed by atoms with Crippen LogP contribution in [0.5, 0.6) is 0 Å². The standard InChI is InChI=1S/C27H40N4O4/c1-35-18-8-17-30(20-22-11-7-16-29-15-6-5-12-24(22)29)25(32)14-13-23-26(33)31(27(34)28-23)19-21-9-3-2-4-10-21/h2-4,9-10,22-24H,5-8,11-20H2,1H3,(H,28,34)/t22-,23-,24+/m0/s1. The molecule has 0 aromatic heterocycles. The molecular formula is C27H40N4O4. The fraction of sp³-hybridized carbons (Fsp3) is 0.667. The number of urea groups is 1. The number of amides is 4. The van der Waals surface area contributed by atoms with Crippen LogP contribution in [-0.4, -0.2) is 84.5 Å². The van der Waals surface area contributed by atoms with Gasteiger partial charge in [-0.25, -0.2) is 4.79 Å². The summed E-state index contributed by atoms with van der Waals surface area (Å²) in [5, 5.41) is 2.78. The van der Waals surface area contributed by atoms with Crippen molar-refractivity contribution in [2.45, 2.75) is 70.0 Å². The maximum atomic E-state index is 13.3. The number of nitrogens with one attached hydrogen (secondary N) is 1. The van der Waals surface area contributed by atoms with E-state index in [9.17, 15) is 14.4 Å². The molecule has 3 atom stereocenters. The number of piperidine rings is 2. The Kier molecular flexibility index (Phi) is 9.15. The predicted octanol–water partition coefficient (Wildman–Crippen LogP) is 3.02. The summed E-state index contributed by atoms with van der Waals surface area (Å²) in [5.74, 6) is 0.324. The zero-order valence-corrected chi connectivity index (χ0v) is 21.0. The molecule has 8 nitrogen and oxygen atoms in total. The lowest BCUT2D eigenvalue weighted by Gasteiger charge is -2.45. The molecule has 1 N–H and O–H groups in total. The van der Waals surface area contributed by atoms with E-state index in [2.05, 4.69) is 10.2 Å². The van der Waals surface area contributed by atoms with Crippen LogP contribution in [0.3, 0.4) is 0 Å². The Morgan fingerprint density at radius 2 is 1.91 bits per heavy atom. The van der Waals surface area contributed by atoms with Gasteiger partial charge >= 0.3 is 6.03 Å². The van der Waals surface area contributed by atoms with Gasteiger partial charge in [-0.15, -0.1) is 0 Å². The molecule has 3 heterocycles. The van der Waals surface area contributed by atoms with Crippen LogP contribution in [0.15, 0.2) is 30.3 Å². The Hall–Kier alpha value is -2.45. The van der Waals surface area contributed by atoms with E-state index in [1.807, 2.05) is 35.2 Å². The number of ether oxygens (including phenoxy) is 1. The fourth-order valence-electron chi connectivity index (χ4n) is 5.90. The molecule has 4 amide bonds. The third-order valence-corrected chi connectivity index (χ3v) is 7.75. The molecule has 8 heteroatoms. The summed E-state index contributed by atoms with van der Waals surface area (Å²) in [6.45, 7) is 4.67. The van der Waals surface area contributed by atoms with Crippen LogP contribution in [0.4, 0.5) is 4.79 Å². The van der Waals surface area contributed by atoms with Gasteiger partial charge in [0.05, 0.1) is 6.54 Å². The smallest absolute Gasteiger partial charge is 0.325 e. The lowest BCUT2D eigenvalue weighted by Crippen LogP contribution is -2.51. The van der Waals surface area contributed by atoms with E-state index in [4.69, 9.17) is 4.74 Å². The average Bonchev–Trinajstić information content (AvgIpc) is 3.15. The van der Waals surface area contributed by atoms with Crippen molar-refractivity contribution in [2.75, 3.05) is 39.9 Å². The second-order valence-corrected chi connectivity index (χ2v) is 10.1. The average molecular weight is 485 g/mol. The lowest BCUT2D eigenvalue weighted by atomic mass is 9.83. The van der Waals surface area contributed by atoms with E-state index in [0.29, 0.717) is 31.5 Å². The van der Waals surface area contributed by atoms with Gasteiger partial charge in [0.15, 0.2) is 0 Å². The number of imide groups is 1. The number of carbonyl (C=O) groups is 3. The zero-order chi connectivity index (χ0) is 24.6. The van der Waals surface area contributed by atoms with Gasteiger partial charge in [-0.2, -0.15) is 0 Å². The highest BCUT2D eigenvalue weighted by atomic mass is 16.5. The lowest BCUT2D eigenvalue weighted by molar-refractivity contribution is -0.133. The molecule has 0 saturated carbocycles. The highest BCUT2D eigenvalue weighted by Crippen LogP contribution is 2.31. The van der Waals surface area contributed by atoms with Gasteiger partial charge in [0.2, 0.25) is 5.91 Å². The SMILES string of the molecule is COCCCN(C[C@@H]1CCCN2CCCC[C@H]12)C(=O)CC[C@@H]1NC(=O)N(Cc2ccccc2)C1=O. The van der Waals surface area contributed by atoms with Gasteiger partial charge in [-0.3, -0.25) is 14.5 Å². The first kappa shape index (κ1) is 25.6. The number of hydrogen-bond acceptors (Lipinski definition) is 5. The van der Waals surface area contributed by atoms with Gasteiger partial charge in [-0.05, 0) is 63.1 Å². The largest absolute Gasteiger partial charge is 0.385 e. The van der Waals surface area contributed by atoms with Crippen molar-refractivity contribution in [3.63, 3.8) is 0 Å². The van der Waals surface area contributed by atoms with E-state index in [-0.39, 0.29) is 30.8 Å². The van der Waals surface area contributed by atoms with Crippen molar-refractivity contribution in [1.82, 2.24) is 20.0 Å². The second-order valence-electron chi connectivity index (χ2n) is 10.1. The van der Waals surface area contributed by atoms with E-state index in [1.54, 1.807) is 7.11 Å². The minimum absolute atomic E-state index is 0.0672. The second kappa shape index (κ2) is 12.5. The first-order valence-corrected chi connectivity index (χ1v) is 13.2. The predicted molar refractivity (Wildman–Crippen MR) is 134 cm³/mol. The van der Waals surface area contributed by atoms with E-state index in [1.165, 1.54) is 50.1 Å². The minimum Gasteiger partial charge on any atom is -0.385 e. The quantitative estimate of drug-likeness (QED) is 0.386. The topological polar surface area (TPSA) is 82.2 Å². The molecule has 3 saturated heterocycles. The first-order valence-electron chi connectivity index (χ1n) is 13.2. The number of nitrogens with zero attached hydrogens (tertiary/aromatic N) is 3. The van der Waals surface area contributed by atoms with Gasteiger partial charge in [0.25, 0.3) is 5.91 Å². The van der Waals surface area contributed by atoms with Gasteiger partial charge in [-0.1, -0.05) is 36.8 Å². The summed E-state index contributed by atoms with van der Waals surface area (Å²) >= 11 is 0. The summed E-state index contributed by atoms with van der Waals surface area (Å²) in [7, 11) is 1.68. The van der Waals surface area contributed by atoms with Gasteiger partial charge in [0.1, 0.15) is 6.04 Å². The molecule has 1 aromatic carbocycles. The van der Waals surface area contributed by atoms with Crippen molar-refractivity contribution in [3.8, 4) is 0 Å². The van der Waals surface area contributed by atoms with Crippen LogP contribution < -0.4 is 5.32 Å². The molecule has 3 fully saturated rings. The third kappa shape index (κ3) is 6.61. The molecule has 192 valence electrons. The molecule has 4 rings (SSSR count). The molecule has 3 aliphatic rings. The Morgan fingerprint density at radius 3 is 2.71 bits per heavy atom.